The Morgan fingerprint density at radius 3 is 2.46 bits per heavy atom. The molecular formula is C27H30Cl2N6O2. The maximum atomic E-state index is 13.7. The Labute approximate surface area is 226 Å². The number of nitrogens with zero attached hydrogens (tertiary/aromatic N) is 6. The summed E-state index contributed by atoms with van der Waals surface area (Å²) in [5.74, 6) is 1.11. The third kappa shape index (κ3) is 4.71. The molecule has 3 aromatic rings. The van der Waals surface area contributed by atoms with E-state index in [2.05, 4.69) is 15.0 Å². The Balaban J connectivity index is 1.17. The first-order chi connectivity index (χ1) is 18.0. The summed E-state index contributed by atoms with van der Waals surface area (Å²) in [6.07, 6.45) is 7.36. The Morgan fingerprint density at radius 1 is 1.03 bits per heavy atom. The van der Waals surface area contributed by atoms with Gasteiger partial charge in [0.1, 0.15) is 17.0 Å². The molecule has 1 aromatic carbocycles. The molecule has 4 heterocycles. The van der Waals surface area contributed by atoms with Gasteiger partial charge in [-0.25, -0.2) is 9.97 Å². The molecular weight excluding hydrogens is 511 g/mol. The number of aromatic nitrogens is 3. The van der Waals surface area contributed by atoms with E-state index in [9.17, 15) is 4.79 Å². The van der Waals surface area contributed by atoms with E-state index >= 15 is 0 Å². The van der Waals surface area contributed by atoms with Gasteiger partial charge < -0.3 is 14.3 Å². The number of carbonyl (C=O) groups is 1. The van der Waals surface area contributed by atoms with E-state index in [1.807, 2.05) is 11.1 Å². The minimum atomic E-state index is -0.141. The number of aryl methyl sites for hydroxylation is 1. The number of benzene rings is 1. The molecule has 0 unspecified atom stereocenters. The molecule has 0 bridgehead atoms. The molecule has 37 heavy (non-hydrogen) atoms. The zero-order valence-corrected chi connectivity index (χ0v) is 22.4. The van der Waals surface area contributed by atoms with E-state index in [-0.39, 0.29) is 5.91 Å². The minimum Gasteiger partial charge on any atom is -0.360 e. The lowest BCUT2D eigenvalue weighted by Crippen LogP contribution is -2.52. The van der Waals surface area contributed by atoms with Crippen LogP contribution in [0.15, 0.2) is 28.9 Å². The van der Waals surface area contributed by atoms with Crippen LogP contribution in [0.4, 0.5) is 5.95 Å². The summed E-state index contributed by atoms with van der Waals surface area (Å²) in [4.78, 5) is 30.1. The highest BCUT2D eigenvalue weighted by atomic mass is 35.5. The molecule has 0 N–H and O–H groups in total. The molecule has 6 rings (SSSR count). The van der Waals surface area contributed by atoms with Crippen molar-refractivity contribution in [2.45, 2.75) is 45.1 Å². The second-order valence-electron chi connectivity index (χ2n) is 10.1. The van der Waals surface area contributed by atoms with Gasteiger partial charge in [-0.05, 0) is 43.9 Å². The van der Waals surface area contributed by atoms with Crippen molar-refractivity contribution < 1.29 is 9.32 Å². The van der Waals surface area contributed by atoms with Crippen LogP contribution in [0.5, 0.6) is 0 Å². The number of anilines is 1. The third-order valence-corrected chi connectivity index (χ3v) is 8.59. The zero-order chi connectivity index (χ0) is 25.5. The van der Waals surface area contributed by atoms with Crippen LogP contribution < -0.4 is 4.90 Å². The molecule has 2 fully saturated rings. The van der Waals surface area contributed by atoms with Gasteiger partial charge in [0.25, 0.3) is 5.91 Å². The van der Waals surface area contributed by atoms with Crippen LogP contribution >= 0.6 is 23.2 Å². The lowest BCUT2D eigenvalue weighted by Gasteiger charge is -2.43. The SMILES string of the molecule is Cc1onc(-c2c(Cl)cccc2Cl)c1C(=O)N1CCc2cnc(N3CCN(C4CCC4)CC3)nc2CC1. The first kappa shape index (κ1) is 24.6. The minimum absolute atomic E-state index is 0.141. The van der Waals surface area contributed by atoms with Crippen LogP contribution in [0.25, 0.3) is 11.3 Å². The van der Waals surface area contributed by atoms with Gasteiger partial charge in [0.15, 0.2) is 0 Å². The number of hydrogen-bond donors (Lipinski definition) is 0. The van der Waals surface area contributed by atoms with Crippen molar-refractivity contribution in [3.8, 4) is 11.3 Å². The number of hydrogen-bond acceptors (Lipinski definition) is 7. The Morgan fingerprint density at radius 2 is 1.76 bits per heavy atom. The van der Waals surface area contributed by atoms with Crippen molar-refractivity contribution in [2.24, 2.45) is 0 Å². The van der Waals surface area contributed by atoms with Gasteiger partial charge in [-0.1, -0.05) is 40.8 Å². The molecule has 1 amide bonds. The number of halogens is 2. The van der Waals surface area contributed by atoms with Crippen LogP contribution in [0.1, 0.15) is 46.6 Å². The highest BCUT2D eigenvalue weighted by Gasteiger charge is 2.31. The fraction of sp³-hybridized carbons (Fsp3) is 0.481. The van der Waals surface area contributed by atoms with Crippen LogP contribution in [0, 0.1) is 6.92 Å². The number of piperazine rings is 1. The smallest absolute Gasteiger partial charge is 0.259 e. The molecule has 0 spiro atoms. The zero-order valence-electron chi connectivity index (χ0n) is 20.9. The number of fused-ring (bicyclic) bond motifs is 1. The fourth-order valence-electron chi connectivity index (χ4n) is 5.54. The van der Waals surface area contributed by atoms with E-state index < -0.39 is 0 Å². The summed E-state index contributed by atoms with van der Waals surface area (Å²) in [7, 11) is 0. The predicted molar refractivity (Wildman–Crippen MR) is 143 cm³/mol. The van der Waals surface area contributed by atoms with Crippen LogP contribution in [-0.4, -0.2) is 76.1 Å². The van der Waals surface area contributed by atoms with Gasteiger partial charge in [-0.2, -0.15) is 0 Å². The molecule has 0 atom stereocenters. The van der Waals surface area contributed by atoms with Crippen LogP contribution in [0.2, 0.25) is 10.0 Å². The maximum absolute atomic E-state index is 13.7. The summed E-state index contributed by atoms with van der Waals surface area (Å²) in [6, 6.07) is 6.00. The monoisotopic (exact) mass is 540 g/mol. The molecule has 1 saturated carbocycles. The van der Waals surface area contributed by atoms with Gasteiger partial charge in [-0.3, -0.25) is 9.69 Å². The number of rotatable bonds is 4. The van der Waals surface area contributed by atoms with Crippen molar-refractivity contribution in [3.63, 3.8) is 0 Å². The van der Waals surface area contributed by atoms with Gasteiger partial charge in [0.05, 0.1) is 15.7 Å². The largest absolute Gasteiger partial charge is 0.360 e. The molecule has 2 aromatic heterocycles. The standard InChI is InChI=1S/C27H30Cl2N6O2/c1-17-23(25(32-37-17)24-20(28)6-3-7-21(24)29)26(36)34-10-8-18-16-30-27(31-22(18)9-11-34)35-14-12-33(13-15-35)19-4-2-5-19/h3,6-7,16,19H,2,4-5,8-15H2,1H3. The predicted octanol–water partition coefficient (Wildman–Crippen LogP) is 4.66. The van der Waals surface area contributed by atoms with Crippen molar-refractivity contribution in [1.29, 1.82) is 0 Å². The summed E-state index contributed by atoms with van der Waals surface area (Å²) in [5, 5.41) is 5.00. The van der Waals surface area contributed by atoms with E-state index in [1.165, 1.54) is 19.3 Å². The van der Waals surface area contributed by atoms with E-state index in [0.29, 0.717) is 58.6 Å². The quantitative estimate of drug-likeness (QED) is 0.476. The molecule has 3 aliphatic rings. The van der Waals surface area contributed by atoms with Crippen molar-refractivity contribution in [3.05, 3.63) is 57.0 Å². The van der Waals surface area contributed by atoms with Crippen LogP contribution in [-0.2, 0) is 12.8 Å². The van der Waals surface area contributed by atoms with Crippen LogP contribution in [0.3, 0.4) is 0 Å². The molecule has 0 radical (unpaired) electrons. The van der Waals surface area contributed by atoms with E-state index in [1.54, 1.807) is 25.1 Å². The molecule has 194 valence electrons. The summed E-state index contributed by atoms with van der Waals surface area (Å²) >= 11 is 12.8. The first-order valence-electron chi connectivity index (χ1n) is 13.0. The topological polar surface area (TPSA) is 78.6 Å². The maximum Gasteiger partial charge on any atom is 0.259 e. The van der Waals surface area contributed by atoms with E-state index in [4.69, 9.17) is 37.7 Å². The molecule has 1 aliphatic carbocycles. The van der Waals surface area contributed by atoms with Crippen molar-refractivity contribution in [2.75, 3.05) is 44.2 Å². The molecule has 8 nitrogen and oxygen atoms in total. The Bertz CT molecular complexity index is 1300. The summed E-state index contributed by atoms with van der Waals surface area (Å²) in [5.41, 5.74) is 3.42. The van der Waals surface area contributed by atoms with Gasteiger partial charge in [-0.15, -0.1) is 0 Å². The molecule has 10 heteroatoms. The second-order valence-corrected chi connectivity index (χ2v) is 10.9. The first-order valence-corrected chi connectivity index (χ1v) is 13.8. The highest BCUT2D eigenvalue weighted by molar-refractivity contribution is 6.39. The second kappa shape index (κ2) is 10.2. The van der Waals surface area contributed by atoms with Crippen molar-refractivity contribution in [1.82, 2.24) is 24.9 Å². The van der Waals surface area contributed by atoms with Crippen molar-refractivity contribution >= 4 is 35.1 Å². The van der Waals surface area contributed by atoms with Gasteiger partial charge >= 0.3 is 0 Å². The average molecular weight is 541 g/mol. The lowest BCUT2D eigenvalue weighted by molar-refractivity contribution is 0.0762. The van der Waals surface area contributed by atoms with E-state index in [0.717, 1.165) is 49.4 Å². The molecule has 2 aliphatic heterocycles. The average Bonchev–Trinajstić information content (AvgIpc) is 3.10. The number of carbonyl (C=O) groups excluding carboxylic acids is 1. The highest BCUT2D eigenvalue weighted by Crippen LogP contribution is 2.37. The number of amides is 1. The molecule has 1 saturated heterocycles. The van der Waals surface area contributed by atoms with Gasteiger partial charge in [0, 0.05) is 63.5 Å². The van der Waals surface area contributed by atoms with Gasteiger partial charge in [0.2, 0.25) is 5.95 Å². The Kier molecular flexibility index (Phi) is 6.82. The normalized spacial score (nSPS) is 18.9. The summed E-state index contributed by atoms with van der Waals surface area (Å²) in [6.45, 7) is 6.92. The lowest BCUT2D eigenvalue weighted by atomic mass is 9.91. The Hall–Kier alpha value is -2.68. The summed E-state index contributed by atoms with van der Waals surface area (Å²) < 4.78 is 5.43. The fourth-order valence-corrected chi connectivity index (χ4v) is 6.11. The third-order valence-electron chi connectivity index (χ3n) is 7.96.